The predicted molar refractivity (Wildman–Crippen MR) is 67.1 cm³/mol. The van der Waals surface area contributed by atoms with E-state index in [0.717, 1.165) is 13.1 Å². The molecular formula is C12H16FN5. The normalized spacial score (nSPS) is 16.5. The zero-order valence-corrected chi connectivity index (χ0v) is 10.1. The fourth-order valence-corrected chi connectivity index (χ4v) is 2.26. The summed E-state index contributed by atoms with van der Waals surface area (Å²) >= 11 is 0. The smallest absolute Gasteiger partial charge is 0.243 e. The first-order chi connectivity index (χ1) is 8.81. The molecule has 3 heterocycles. The van der Waals surface area contributed by atoms with E-state index in [1.165, 1.54) is 42.7 Å². The van der Waals surface area contributed by atoms with Crippen molar-refractivity contribution in [3.63, 3.8) is 0 Å². The Morgan fingerprint density at radius 1 is 1.28 bits per heavy atom. The molecule has 1 saturated heterocycles. The molecule has 0 radical (unpaired) electrons. The van der Waals surface area contributed by atoms with Gasteiger partial charge in [0.1, 0.15) is 5.82 Å². The highest BCUT2D eigenvalue weighted by molar-refractivity contribution is 5.42. The number of rotatable bonds is 4. The van der Waals surface area contributed by atoms with E-state index in [-0.39, 0.29) is 5.82 Å². The number of halogens is 1. The van der Waals surface area contributed by atoms with E-state index in [4.69, 9.17) is 0 Å². The minimum Gasteiger partial charge on any atom is -0.352 e. The van der Waals surface area contributed by atoms with Gasteiger partial charge in [0, 0.05) is 13.1 Å². The summed E-state index contributed by atoms with van der Waals surface area (Å²) in [5.74, 6) is 0.246. The largest absolute Gasteiger partial charge is 0.352 e. The summed E-state index contributed by atoms with van der Waals surface area (Å²) in [6.45, 7) is 4.19. The Bertz CT molecular complexity index is 532. The van der Waals surface area contributed by atoms with Crippen LogP contribution < -0.4 is 5.32 Å². The van der Waals surface area contributed by atoms with E-state index < -0.39 is 0 Å². The Morgan fingerprint density at radius 3 is 2.94 bits per heavy atom. The molecule has 18 heavy (non-hydrogen) atoms. The molecule has 2 aromatic heterocycles. The van der Waals surface area contributed by atoms with Crippen LogP contribution in [0.3, 0.4) is 0 Å². The molecule has 5 nitrogen and oxygen atoms in total. The lowest BCUT2D eigenvalue weighted by atomic mass is 10.4. The number of fused-ring (bicyclic) bond motifs is 1. The monoisotopic (exact) mass is 249 g/mol. The van der Waals surface area contributed by atoms with Crippen LogP contribution in [-0.4, -0.2) is 45.7 Å². The molecule has 1 aliphatic rings. The first-order valence-electron chi connectivity index (χ1n) is 6.29. The molecule has 3 rings (SSSR count). The molecule has 0 atom stereocenters. The third-order valence-corrected chi connectivity index (χ3v) is 3.20. The van der Waals surface area contributed by atoms with Crippen LogP contribution in [0.4, 0.5) is 10.3 Å². The van der Waals surface area contributed by atoms with Gasteiger partial charge in [0.15, 0.2) is 5.65 Å². The number of nitrogens with one attached hydrogen (secondary N) is 1. The number of likely N-dealkylation sites (tertiary alicyclic amines) is 1. The lowest BCUT2D eigenvalue weighted by molar-refractivity contribution is 0.352. The molecule has 1 N–H and O–H groups in total. The fraction of sp³-hybridized carbons (Fsp3) is 0.500. The van der Waals surface area contributed by atoms with Gasteiger partial charge < -0.3 is 10.2 Å². The predicted octanol–water partition coefficient (Wildman–Crippen LogP) is 1.38. The van der Waals surface area contributed by atoms with Crippen molar-refractivity contribution in [2.45, 2.75) is 12.8 Å². The van der Waals surface area contributed by atoms with Crippen LogP contribution in [0.25, 0.3) is 5.65 Å². The molecule has 0 spiro atoms. The highest BCUT2D eigenvalue weighted by Crippen LogP contribution is 2.08. The van der Waals surface area contributed by atoms with Gasteiger partial charge in [-0.3, -0.25) is 0 Å². The van der Waals surface area contributed by atoms with Gasteiger partial charge in [0.05, 0.1) is 6.20 Å². The minimum atomic E-state index is -0.309. The van der Waals surface area contributed by atoms with Crippen LogP contribution in [0.2, 0.25) is 0 Å². The first kappa shape index (κ1) is 11.4. The summed E-state index contributed by atoms with van der Waals surface area (Å²) in [4.78, 5) is 6.69. The molecule has 0 unspecified atom stereocenters. The summed E-state index contributed by atoms with van der Waals surface area (Å²) in [7, 11) is 0. The molecule has 0 aromatic carbocycles. The quantitative estimate of drug-likeness (QED) is 0.889. The van der Waals surface area contributed by atoms with E-state index in [9.17, 15) is 4.39 Å². The maximum absolute atomic E-state index is 13.0. The molecule has 6 heteroatoms. The molecule has 1 fully saturated rings. The summed E-state index contributed by atoms with van der Waals surface area (Å²) in [6.07, 6.45) is 3.92. The third kappa shape index (κ3) is 2.43. The van der Waals surface area contributed by atoms with Gasteiger partial charge in [-0.15, -0.1) is 5.10 Å². The summed E-state index contributed by atoms with van der Waals surface area (Å²) in [5.41, 5.74) is 0.653. The van der Waals surface area contributed by atoms with Gasteiger partial charge in [-0.25, -0.2) is 8.91 Å². The highest BCUT2D eigenvalue weighted by atomic mass is 19.1. The summed E-state index contributed by atoms with van der Waals surface area (Å²) < 4.78 is 14.4. The molecule has 2 aromatic rings. The van der Waals surface area contributed by atoms with Crippen molar-refractivity contribution >= 4 is 11.6 Å². The van der Waals surface area contributed by atoms with Gasteiger partial charge in [0.25, 0.3) is 0 Å². The van der Waals surface area contributed by atoms with E-state index in [2.05, 4.69) is 20.3 Å². The second-order valence-corrected chi connectivity index (χ2v) is 4.56. The molecular weight excluding hydrogens is 233 g/mol. The van der Waals surface area contributed by atoms with Crippen LogP contribution in [-0.2, 0) is 0 Å². The molecule has 0 bridgehead atoms. The maximum Gasteiger partial charge on any atom is 0.243 e. The number of pyridine rings is 1. The van der Waals surface area contributed by atoms with E-state index >= 15 is 0 Å². The Kier molecular flexibility index (Phi) is 3.10. The van der Waals surface area contributed by atoms with Crippen LogP contribution in [0.1, 0.15) is 12.8 Å². The number of anilines is 1. The van der Waals surface area contributed by atoms with Crippen molar-refractivity contribution in [3.8, 4) is 0 Å². The molecule has 0 aliphatic carbocycles. The first-order valence-corrected chi connectivity index (χ1v) is 6.29. The standard InChI is InChI=1S/C12H16FN5/c13-10-3-4-11-15-12(16-18(11)9-10)14-5-8-17-6-1-2-7-17/h3-4,9H,1-2,5-8H2,(H,14,16). The fourth-order valence-electron chi connectivity index (χ4n) is 2.26. The van der Waals surface area contributed by atoms with Gasteiger partial charge in [0.2, 0.25) is 5.95 Å². The second kappa shape index (κ2) is 4.89. The topological polar surface area (TPSA) is 45.5 Å². The zero-order chi connectivity index (χ0) is 12.4. The molecule has 0 saturated carbocycles. The lowest BCUT2D eigenvalue weighted by Crippen LogP contribution is -2.26. The van der Waals surface area contributed by atoms with Crippen molar-refractivity contribution in [3.05, 3.63) is 24.1 Å². The molecule has 96 valence electrons. The number of hydrogen-bond acceptors (Lipinski definition) is 4. The average Bonchev–Trinajstić information content (AvgIpc) is 2.97. The van der Waals surface area contributed by atoms with Crippen molar-refractivity contribution < 1.29 is 4.39 Å². The Hall–Kier alpha value is -1.69. The van der Waals surface area contributed by atoms with Crippen molar-refractivity contribution in [1.82, 2.24) is 19.5 Å². The summed E-state index contributed by atoms with van der Waals surface area (Å²) in [6, 6.07) is 3.01. The van der Waals surface area contributed by atoms with E-state index in [1.54, 1.807) is 6.07 Å². The second-order valence-electron chi connectivity index (χ2n) is 4.56. The van der Waals surface area contributed by atoms with Crippen LogP contribution in [0, 0.1) is 5.82 Å². The van der Waals surface area contributed by atoms with Crippen molar-refractivity contribution in [2.24, 2.45) is 0 Å². The number of aromatic nitrogens is 3. The van der Waals surface area contributed by atoms with Gasteiger partial charge in [-0.1, -0.05) is 0 Å². The Labute approximate surface area is 105 Å². The number of hydrogen-bond donors (Lipinski definition) is 1. The van der Waals surface area contributed by atoms with Gasteiger partial charge in [-0.2, -0.15) is 4.98 Å². The third-order valence-electron chi connectivity index (χ3n) is 3.20. The lowest BCUT2D eigenvalue weighted by Gasteiger charge is -2.13. The average molecular weight is 249 g/mol. The van der Waals surface area contributed by atoms with Crippen molar-refractivity contribution in [1.29, 1.82) is 0 Å². The minimum absolute atomic E-state index is 0.309. The number of nitrogens with zero attached hydrogens (tertiary/aromatic N) is 4. The van der Waals surface area contributed by atoms with E-state index in [0.29, 0.717) is 11.6 Å². The van der Waals surface area contributed by atoms with Crippen LogP contribution in [0.15, 0.2) is 18.3 Å². The molecule has 1 aliphatic heterocycles. The van der Waals surface area contributed by atoms with E-state index in [1.807, 2.05) is 0 Å². The van der Waals surface area contributed by atoms with Crippen LogP contribution >= 0.6 is 0 Å². The van der Waals surface area contributed by atoms with Gasteiger partial charge in [-0.05, 0) is 38.1 Å². The van der Waals surface area contributed by atoms with Crippen molar-refractivity contribution in [2.75, 3.05) is 31.5 Å². The Morgan fingerprint density at radius 2 is 2.11 bits per heavy atom. The zero-order valence-electron chi connectivity index (χ0n) is 10.1. The maximum atomic E-state index is 13.0. The van der Waals surface area contributed by atoms with Crippen LogP contribution in [0.5, 0.6) is 0 Å². The van der Waals surface area contributed by atoms with Gasteiger partial charge >= 0.3 is 0 Å². The Balaban J connectivity index is 1.60. The SMILES string of the molecule is Fc1ccc2nc(NCCN3CCCC3)nn2c1. The highest BCUT2D eigenvalue weighted by Gasteiger charge is 2.11. The molecule has 0 amide bonds. The summed E-state index contributed by atoms with van der Waals surface area (Å²) in [5, 5.41) is 7.35.